The molecule has 2 fully saturated rings. The minimum absolute atomic E-state index is 0.0859. The van der Waals surface area contributed by atoms with Gasteiger partial charge in [-0.3, -0.25) is 9.59 Å². The van der Waals surface area contributed by atoms with Crippen LogP contribution in [0.5, 0.6) is 0 Å². The van der Waals surface area contributed by atoms with Crippen LogP contribution < -0.4 is 0 Å². The van der Waals surface area contributed by atoms with E-state index >= 15 is 0 Å². The van der Waals surface area contributed by atoms with Crippen molar-refractivity contribution in [1.82, 2.24) is 4.98 Å². The van der Waals surface area contributed by atoms with Crippen molar-refractivity contribution in [2.75, 3.05) is 0 Å². The first-order chi connectivity index (χ1) is 16.8. The number of aliphatic hydroxyl groups is 2. The number of epoxide rings is 1. The fourth-order valence-electron chi connectivity index (χ4n) is 5.09. The number of rotatable bonds is 3. The number of aryl methyl sites for hydroxylation is 1. The molecule has 3 heterocycles. The Balaban J connectivity index is 1.87. The van der Waals surface area contributed by atoms with E-state index in [0.717, 1.165) is 24.3 Å². The van der Waals surface area contributed by atoms with Gasteiger partial charge in [0, 0.05) is 17.7 Å². The van der Waals surface area contributed by atoms with Crippen molar-refractivity contribution >= 4 is 40.8 Å². The van der Waals surface area contributed by atoms with E-state index < -0.39 is 35.6 Å². The number of thiazole rings is 1. The quantitative estimate of drug-likeness (QED) is 0.407. The lowest BCUT2D eigenvalue weighted by Crippen LogP contribution is -2.46. The number of carbonyl (C=O) groups is 2. The molecule has 202 valence electrons. The van der Waals surface area contributed by atoms with Gasteiger partial charge in [0.1, 0.15) is 11.9 Å². The van der Waals surface area contributed by atoms with Crippen molar-refractivity contribution in [3.05, 3.63) is 21.1 Å². The molecule has 0 amide bonds. The van der Waals surface area contributed by atoms with Crippen molar-refractivity contribution in [3.63, 3.8) is 0 Å². The molecule has 0 saturated carbocycles. The Morgan fingerprint density at radius 2 is 2.00 bits per heavy atom. The topological polar surface area (TPSA) is 109 Å². The lowest BCUT2D eigenvalue weighted by Gasteiger charge is -2.35. The third-order valence-corrected chi connectivity index (χ3v) is 9.04. The highest BCUT2D eigenvalue weighted by atomic mass is 35.5. The summed E-state index contributed by atoms with van der Waals surface area (Å²) in [6.45, 7) is 11.0. The van der Waals surface area contributed by atoms with Crippen molar-refractivity contribution in [3.8, 4) is 0 Å². The molecule has 0 unspecified atom stereocenters. The number of esters is 1. The van der Waals surface area contributed by atoms with Gasteiger partial charge in [0.25, 0.3) is 0 Å². The molecule has 1 aromatic heterocycles. The van der Waals surface area contributed by atoms with Gasteiger partial charge in [-0.25, -0.2) is 4.98 Å². The van der Waals surface area contributed by atoms with Crippen LogP contribution in [0.3, 0.4) is 0 Å². The zero-order valence-corrected chi connectivity index (χ0v) is 23.7. The molecule has 0 aliphatic carbocycles. The summed E-state index contributed by atoms with van der Waals surface area (Å²) in [7, 11) is 0. The molecule has 1 aromatic rings. The first kappa shape index (κ1) is 29.2. The minimum atomic E-state index is -1.27. The normalized spacial score (nSPS) is 36.8. The van der Waals surface area contributed by atoms with Crippen molar-refractivity contribution < 1.29 is 29.3 Å². The summed E-state index contributed by atoms with van der Waals surface area (Å²) >= 11 is 8.14. The molecular formula is C27H40ClNO6S. The predicted octanol–water partition coefficient (Wildman–Crippen LogP) is 5.04. The number of Topliss-reactive ketones (excluding diaryl/α,β-unsaturated/α-hetero) is 1. The van der Waals surface area contributed by atoms with Crippen LogP contribution in [0, 0.1) is 24.2 Å². The highest BCUT2D eigenvalue weighted by Crippen LogP contribution is 2.45. The van der Waals surface area contributed by atoms with Gasteiger partial charge in [0.15, 0.2) is 0 Å². The first-order valence-electron chi connectivity index (χ1n) is 12.9. The number of fused-ring (bicyclic) bond motifs is 1. The van der Waals surface area contributed by atoms with Crippen molar-refractivity contribution in [2.24, 2.45) is 17.3 Å². The molecular weight excluding hydrogens is 502 g/mol. The second-order valence-corrected chi connectivity index (χ2v) is 12.6. The summed E-state index contributed by atoms with van der Waals surface area (Å²) in [5.74, 6) is -1.61. The molecule has 36 heavy (non-hydrogen) atoms. The van der Waals surface area contributed by atoms with E-state index in [9.17, 15) is 19.8 Å². The number of aromatic nitrogens is 1. The minimum Gasteiger partial charge on any atom is -0.456 e. The first-order valence-corrected chi connectivity index (χ1v) is 14.1. The van der Waals surface area contributed by atoms with Crippen LogP contribution in [0.2, 0.25) is 0 Å². The number of nitrogens with zero attached hydrogens (tertiary/aromatic N) is 1. The van der Waals surface area contributed by atoms with Gasteiger partial charge in [-0.15, -0.1) is 11.3 Å². The average molecular weight is 542 g/mol. The molecule has 2 aliphatic heterocycles. The highest BCUT2D eigenvalue weighted by Gasteiger charge is 2.53. The van der Waals surface area contributed by atoms with Crippen molar-refractivity contribution in [1.29, 1.82) is 0 Å². The van der Waals surface area contributed by atoms with E-state index in [2.05, 4.69) is 4.98 Å². The van der Waals surface area contributed by atoms with E-state index in [-0.39, 0.29) is 29.8 Å². The molecule has 0 bridgehead atoms. The summed E-state index contributed by atoms with van der Waals surface area (Å²) in [6.07, 6.45) is 1.56. The Morgan fingerprint density at radius 3 is 2.61 bits per heavy atom. The zero-order valence-electron chi connectivity index (χ0n) is 22.1. The largest absolute Gasteiger partial charge is 0.456 e. The number of cyclic esters (lactones) is 1. The highest BCUT2D eigenvalue weighted by molar-refractivity contribution is 7.09. The second-order valence-electron chi connectivity index (χ2n) is 11.1. The van der Waals surface area contributed by atoms with E-state index in [1.165, 1.54) is 11.3 Å². The fourth-order valence-corrected chi connectivity index (χ4v) is 5.90. The molecule has 7 nitrogen and oxygen atoms in total. The van der Waals surface area contributed by atoms with E-state index in [4.69, 9.17) is 21.1 Å². The predicted molar refractivity (Wildman–Crippen MR) is 141 cm³/mol. The van der Waals surface area contributed by atoms with Gasteiger partial charge in [-0.05, 0) is 45.1 Å². The molecule has 0 aromatic carbocycles. The van der Waals surface area contributed by atoms with Gasteiger partial charge >= 0.3 is 5.97 Å². The zero-order chi connectivity index (χ0) is 26.8. The molecule has 2 N–H and O–H groups in total. The Bertz CT molecular complexity index is 977. The van der Waals surface area contributed by atoms with Gasteiger partial charge in [-0.1, -0.05) is 45.7 Å². The van der Waals surface area contributed by atoms with Crippen LogP contribution in [-0.2, 0) is 19.1 Å². The summed E-state index contributed by atoms with van der Waals surface area (Å²) in [5, 5.41) is 25.0. The fraction of sp³-hybridized carbons (Fsp3) is 0.741. The third kappa shape index (κ3) is 6.76. The smallest absolute Gasteiger partial charge is 0.309 e. The third-order valence-electron chi connectivity index (χ3n) is 7.90. The molecule has 2 aliphatic rings. The summed E-state index contributed by atoms with van der Waals surface area (Å²) < 4.78 is 11.8. The maximum Gasteiger partial charge on any atom is 0.309 e. The summed E-state index contributed by atoms with van der Waals surface area (Å²) in [5.41, 5.74) is -0.902. The van der Waals surface area contributed by atoms with E-state index in [0.29, 0.717) is 23.6 Å². The summed E-state index contributed by atoms with van der Waals surface area (Å²) in [6, 6.07) is 0. The number of ketones is 1. The number of hydrogen-bond donors (Lipinski definition) is 2. The van der Waals surface area contributed by atoms with Gasteiger partial charge in [-0.2, -0.15) is 0 Å². The molecule has 0 radical (unpaired) electrons. The van der Waals surface area contributed by atoms with Crippen molar-refractivity contribution in [2.45, 2.75) is 110 Å². The Kier molecular flexibility index (Phi) is 9.42. The standard InChI is InChI=1S/C27H40ClNO6S/c1-7-18-24(32)15(2)9-8-10-27(6)22(35-27)12-20(19(28)11-17-14-36-16(3)29-17)34-23(31)13-21(30)26(4,5)25(18)33/h11,14-15,18,20-22,24,30,32H,7-10,12-13H2,1-6H3/t15-,18+,20-,21-,22-,24-,27+/m0/s1. The molecule has 7 atom stereocenters. The van der Waals surface area contributed by atoms with Crippen LogP contribution in [0.4, 0.5) is 0 Å². The van der Waals surface area contributed by atoms with E-state index in [1.807, 2.05) is 33.1 Å². The lowest BCUT2D eigenvalue weighted by molar-refractivity contribution is -0.154. The molecule has 3 rings (SSSR count). The lowest BCUT2D eigenvalue weighted by atomic mass is 9.71. The number of ether oxygens (including phenoxy) is 2. The van der Waals surface area contributed by atoms with Gasteiger partial charge in [0.2, 0.25) is 0 Å². The Labute approximate surface area is 223 Å². The number of carbonyl (C=O) groups excluding carboxylic acids is 2. The number of halogens is 1. The van der Waals surface area contributed by atoms with Crippen LogP contribution in [0.15, 0.2) is 10.4 Å². The van der Waals surface area contributed by atoms with Crippen LogP contribution >= 0.6 is 22.9 Å². The van der Waals surface area contributed by atoms with E-state index in [1.54, 1.807) is 19.9 Å². The maximum absolute atomic E-state index is 13.4. The molecule has 2 saturated heterocycles. The van der Waals surface area contributed by atoms with Crippen LogP contribution in [0.25, 0.3) is 6.08 Å². The second kappa shape index (κ2) is 11.6. The maximum atomic E-state index is 13.4. The van der Waals surface area contributed by atoms with Crippen LogP contribution in [0.1, 0.15) is 83.8 Å². The monoisotopic (exact) mass is 541 g/mol. The number of aliphatic hydroxyl groups excluding tert-OH is 2. The van der Waals surface area contributed by atoms with Crippen LogP contribution in [-0.4, -0.2) is 57.0 Å². The molecule has 9 heteroatoms. The van der Waals surface area contributed by atoms with Gasteiger partial charge in [0.05, 0.1) is 51.5 Å². The SMILES string of the molecule is CC[C@H]1C(=O)C(C)(C)[C@@H](O)CC(=O)O[C@H](C(Cl)=Cc2csc(C)n2)C[C@@H]2O[C@]2(C)CCC[C@H](C)[C@@H]1O. The molecule has 0 spiro atoms. The number of hydrogen-bond acceptors (Lipinski definition) is 8. The van der Waals surface area contributed by atoms with Gasteiger partial charge < -0.3 is 19.7 Å². The Hall–Kier alpha value is -1.32. The Morgan fingerprint density at radius 1 is 1.31 bits per heavy atom. The summed E-state index contributed by atoms with van der Waals surface area (Å²) in [4.78, 5) is 30.8. The average Bonchev–Trinajstić information content (AvgIpc) is 3.24.